The van der Waals surface area contributed by atoms with Crippen LogP contribution in [0, 0.1) is 5.82 Å². The predicted octanol–water partition coefficient (Wildman–Crippen LogP) is 2.64. The average Bonchev–Trinajstić information content (AvgIpc) is 2.30. The van der Waals surface area contributed by atoms with Gasteiger partial charge in [-0.3, -0.25) is 0 Å². The molecule has 2 rings (SSSR count). The van der Waals surface area contributed by atoms with E-state index in [1.807, 2.05) is 6.07 Å². The number of ether oxygens (including phenoxy) is 1. The molecule has 1 aliphatic rings. The first-order valence-corrected chi connectivity index (χ1v) is 5.73. The smallest absolute Gasteiger partial charge is 0.130 e. The molecule has 0 N–H and O–H groups in total. The fourth-order valence-electron chi connectivity index (χ4n) is 2.39. The molecule has 3 heteroatoms. The maximum atomic E-state index is 13.8. The van der Waals surface area contributed by atoms with Gasteiger partial charge in [-0.2, -0.15) is 0 Å². The number of hydrogen-bond donors (Lipinski definition) is 0. The lowest BCUT2D eigenvalue weighted by Gasteiger charge is -2.30. The standard InChI is InChI=1S/C13H18FNO/c1-15-8-6-10(7-9-15)13-11(14)4-3-5-12(13)16-2/h3-5,10H,6-9H2,1-2H3. The summed E-state index contributed by atoms with van der Waals surface area (Å²) in [4.78, 5) is 2.28. The Balaban J connectivity index is 2.25. The van der Waals surface area contributed by atoms with Crippen molar-refractivity contribution in [3.63, 3.8) is 0 Å². The summed E-state index contributed by atoms with van der Waals surface area (Å²) in [7, 11) is 3.71. The van der Waals surface area contributed by atoms with Crippen LogP contribution in [-0.4, -0.2) is 32.1 Å². The maximum absolute atomic E-state index is 13.8. The third-order valence-electron chi connectivity index (χ3n) is 3.36. The minimum absolute atomic E-state index is 0.131. The molecule has 0 aromatic heterocycles. The van der Waals surface area contributed by atoms with Gasteiger partial charge >= 0.3 is 0 Å². The average molecular weight is 223 g/mol. The second kappa shape index (κ2) is 4.83. The lowest BCUT2D eigenvalue weighted by Crippen LogP contribution is -2.29. The van der Waals surface area contributed by atoms with Crippen molar-refractivity contribution in [2.45, 2.75) is 18.8 Å². The summed E-state index contributed by atoms with van der Waals surface area (Å²) in [6.45, 7) is 2.06. The molecule has 1 aromatic rings. The Bertz CT molecular complexity index is 359. The van der Waals surface area contributed by atoms with Crippen LogP contribution in [0.5, 0.6) is 5.75 Å². The van der Waals surface area contributed by atoms with E-state index < -0.39 is 0 Å². The Kier molecular flexibility index (Phi) is 3.44. The third-order valence-corrected chi connectivity index (χ3v) is 3.36. The van der Waals surface area contributed by atoms with Crippen molar-refractivity contribution in [1.82, 2.24) is 4.90 Å². The van der Waals surface area contributed by atoms with Crippen LogP contribution in [0.1, 0.15) is 24.3 Å². The summed E-state index contributed by atoms with van der Waals surface area (Å²) >= 11 is 0. The van der Waals surface area contributed by atoms with E-state index >= 15 is 0 Å². The molecular formula is C13H18FNO. The van der Waals surface area contributed by atoms with Crippen LogP contribution in [0.15, 0.2) is 18.2 Å². The number of halogens is 1. The van der Waals surface area contributed by atoms with E-state index in [0.29, 0.717) is 11.7 Å². The molecule has 0 unspecified atom stereocenters. The number of likely N-dealkylation sites (tertiary alicyclic amines) is 1. The molecule has 1 fully saturated rings. The number of nitrogens with zero attached hydrogens (tertiary/aromatic N) is 1. The molecule has 88 valence electrons. The normalized spacial score (nSPS) is 18.7. The van der Waals surface area contributed by atoms with Crippen molar-refractivity contribution in [3.8, 4) is 5.75 Å². The highest BCUT2D eigenvalue weighted by atomic mass is 19.1. The summed E-state index contributed by atoms with van der Waals surface area (Å²) in [5.41, 5.74) is 0.762. The minimum Gasteiger partial charge on any atom is -0.496 e. The Hall–Kier alpha value is -1.09. The number of rotatable bonds is 2. The topological polar surface area (TPSA) is 12.5 Å². The Morgan fingerprint density at radius 2 is 2.00 bits per heavy atom. The van der Waals surface area contributed by atoms with E-state index in [1.54, 1.807) is 13.2 Å². The number of hydrogen-bond acceptors (Lipinski definition) is 2. The van der Waals surface area contributed by atoms with Gasteiger partial charge in [0.25, 0.3) is 0 Å². The first-order chi connectivity index (χ1) is 7.72. The van der Waals surface area contributed by atoms with Crippen molar-refractivity contribution >= 4 is 0 Å². The van der Waals surface area contributed by atoms with Gasteiger partial charge in [0.1, 0.15) is 11.6 Å². The van der Waals surface area contributed by atoms with Crippen molar-refractivity contribution in [2.75, 3.05) is 27.2 Å². The zero-order valence-corrected chi connectivity index (χ0v) is 9.87. The predicted molar refractivity (Wildman–Crippen MR) is 62.4 cm³/mol. The molecule has 0 saturated carbocycles. The van der Waals surface area contributed by atoms with E-state index in [1.165, 1.54) is 6.07 Å². The van der Waals surface area contributed by atoms with Gasteiger partial charge in [0.05, 0.1) is 7.11 Å². The van der Waals surface area contributed by atoms with Crippen molar-refractivity contribution in [2.24, 2.45) is 0 Å². The molecule has 1 aromatic carbocycles. The minimum atomic E-state index is -0.131. The van der Waals surface area contributed by atoms with E-state index in [9.17, 15) is 4.39 Å². The number of benzene rings is 1. The molecule has 16 heavy (non-hydrogen) atoms. The first kappa shape index (κ1) is 11.4. The van der Waals surface area contributed by atoms with Crippen molar-refractivity contribution in [3.05, 3.63) is 29.6 Å². The SMILES string of the molecule is COc1cccc(F)c1C1CCN(C)CC1. The van der Waals surface area contributed by atoms with E-state index in [4.69, 9.17) is 4.74 Å². The molecular weight excluding hydrogens is 205 g/mol. The molecule has 2 nitrogen and oxygen atoms in total. The van der Waals surface area contributed by atoms with Gasteiger partial charge in [-0.15, -0.1) is 0 Å². The van der Waals surface area contributed by atoms with E-state index in [-0.39, 0.29) is 5.82 Å². The fourth-order valence-corrected chi connectivity index (χ4v) is 2.39. The summed E-state index contributed by atoms with van der Waals surface area (Å²) in [6, 6.07) is 5.07. The molecule has 1 aliphatic heterocycles. The third kappa shape index (κ3) is 2.19. The molecule has 0 amide bonds. The van der Waals surface area contributed by atoms with Crippen LogP contribution in [0.25, 0.3) is 0 Å². The van der Waals surface area contributed by atoms with Gasteiger partial charge in [0, 0.05) is 5.56 Å². The second-order valence-corrected chi connectivity index (χ2v) is 4.43. The van der Waals surface area contributed by atoms with Crippen LogP contribution in [0.3, 0.4) is 0 Å². The summed E-state index contributed by atoms with van der Waals surface area (Å²) < 4.78 is 19.1. The lowest BCUT2D eigenvalue weighted by atomic mass is 9.88. The van der Waals surface area contributed by atoms with Crippen LogP contribution in [-0.2, 0) is 0 Å². The molecule has 1 heterocycles. The molecule has 0 aliphatic carbocycles. The molecule has 0 radical (unpaired) electrons. The molecule has 1 saturated heterocycles. The van der Waals surface area contributed by atoms with Gasteiger partial charge in [0.2, 0.25) is 0 Å². The van der Waals surface area contributed by atoms with Crippen LogP contribution >= 0.6 is 0 Å². The first-order valence-electron chi connectivity index (χ1n) is 5.73. The van der Waals surface area contributed by atoms with Gasteiger partial charge in [-0.1, -0.05) is 6.07 Å². The van der Waals surface area contributed by atoms with Crippen LogP contribution < -0.4 is 4.74 Å². The van der Waals surface area contributed by atoms with E-state index in [2.05, 4.69) is 11.9 Å². The zero-order chi connectivity index (χ0) is 11.5. The van der Waals surface area contributed by atoms with Gasteiger partial charge < -0.3 is 9.64 Å². The molecule has 0 spiro atoms. The highest BCUT2D eigenvalue weighted by Crippen LogP contribution is 2.35. The number of methoxy groups -OCH3 is 1. The fraction of sp³-hybridized carbons (Fsp3) is 0.538. The lowest BCUT2D eigenvalue weighted by molar-refractivity contribution is 0.249. The maximum Gasteiger partial charge on any atom is 0.130 e. The summed E-state index contributed by atoms with van der Waals surface area (Å²) in [5, 5.41) is 0. The Morgan fingerprint density at radius 1 is 1.31 bits per heavy atom. The largest absolute Gasteiger partial charge is 0.496 e. The van der Waals surface area contributed by atoms with Crippen molar-refractivity contribution in [1.29, 1.82) is 0 Å². The highest BCUT2D eigenvalue weighted by Gasteiger charge is 2.24. The van der Waals surface area contributed by atoms with Gasteiger partial charge in [-0.05, 0) is 51.0 Å². The van der Waals surface area contributed by atoms with Gasteiger partial charge in [0.15, 0.2) is 0 Å². The second-order valence-electron chi connectivity index (χ2n) is 4.43. The summed E-state index contributed by atoms with van der Waals surface area (Å²) in [6.07, 6.45) is 2.02. The van der Waals surface area contributed by atoms with Crippen LogP contribution in [0.4, 0.5) is 4.39 Å². The Morgan fingerprint density at radius 3 is 2.62 bits per heavy atom. The number of piperidine rings is 1. The monoisotopic (exact) mass is 223 g/mol. The quantitative estimate of drug-likeness (QED) is 0.764. The summed E-state index contributed by atoms with van der Waals surface area (Å²) in [5.74, 6) is 0.857. The molecule has 0 atom stereocenters. The van der Waals surface area contributed by atoms with E-state index in [0.717, 1.165) is 31.5 Å². The van der Waals surface area contributed by atoms with Crippen LogP contribution in [0.2, 0.25) is 0 Å². The molecule has 0 bridgehead atoms. The zero-order valence-electron chi connectivity index (χ0n) is 9.87. The van der Waals surface area contributed by atoms with Gasteiger partial charge in [-0.25, -0.2) is 4.39 Å². The van der Waals surface area contributed by atoms with Crippen molar-refractivity contribution < 1.29 is 9.13 Å². The Labute approximate surface area is 96.0 Å². The highest BCUT2D eigenvalue weighted by molar-refractivity contribution is 5.37.